The highest BCUT2D eigenvalue weighted by molar-refractivity contribution is 5.32. The van der Waals surface area contributed by atoms with Crippen molar-refractivity contribution in [2.75, 3.05) is 13.7 Å². The van der Waals surface area contributed by atoms with Crippen molar-refractivity contribution in [2.24, 2.45) is 0 Å². The van der Waals surface area contributed by atoms with Crippen molar-refractivity contribution in [3.63, 3.8) is 0 Å². The molecule has 1 unspecified atom stereocenters. The summed E-state index contributed by atoms with van der Waals surface area (Å²) in [7, 11) is 1.50. The topological polar surface area (TPSA) is 21.3 Å². The fraction of sp³-hybridized carbons (Fsp3) is 0.500. The second-order valence-corrected chi connectivity index (χ2v) is 3.90. The highest BCUT2D eigenvalue weighted by Gasteiger charge is 2.16. The van der Waals surface area contributed by atoms with E-state index in [1.54, 1.807) is 6.07 Å². The van der Waals surface area contributed by atoms with Crippen LogP contribution in [0.25, 0.3) is 0 Å². The van der Waals surface area contributed by atoms with Crippen molar-refractivity contribution in [1.82, 2.24) is 5.32 Å². The maximum absolute atomic E-state index is 13.2. The fourth-order valence-electron chi connectivity index (χ4n) is 2.03. The number of rotatable bonds is 2. The van der Waals surface area contributed by atoms with Crippen molar-refractivity contribution in [1.29, 1.82) is 0 Å². The van der Waals surface area contributed by atoms with Gasteiger partial charge >= 0.3 is 0 Å². The Bertz CT molecular complexity index is 334. The molecule has 1 fully saturated rings. The molecule has 0 amide bonds. The van der Waals surface area contributed by atoms with Crippen LogP contribution < -0.4 is 10.1 Å². The third kappa shape index (κ3) is 2.29. The molecule has 1 aromatic carbocycles. The molecule has 0 bridgehead atoms. The highest BCUT2D eigenvalue weighted by Crippen LogP contribution is 2.27. The Kier molecular flexibility index (Phi) is 3.21. The first-order chi connectivity index (χ1) is 7.31. The molecule has 0 radical (unpaired) electrons. The fourth-order valence-corrected chi connectivity index (χ4v) is 2.03. The Morgan fingerprint density at radius 1 is 1.40 bits per heavy atom. The van der Waals surface area contributed by atoms with Gasteiger partial charge < -0.3 is 10.1 Å². The summed E-state index contributed by atoms with van der Waals surface area (Å²) in [6, 6.07) is 5.46. The number of hydrogen-bond donors (Lipinski definition) is 1. The van der Waals surface area contributed by atoms with Gasteiger partial charge in [0.05, 0.1) is 7.11 Å². The molecule has 3 heteroatoms. The molecule has 1 N–H and O–H groups in total. The van der Waals surface area contributed by atoms with Crippen LogP contribution in [0.15, 0.2) is 18.2 Å². The van der Waals surface area contributed by atoms with Crippen molar-refractivity contribution >= 4 is 0 Å². The SMILES string of the molecule is COc1cc(C2CCCCN2)ccc1F. The Morgan fingerprint density at radius 2 is 2.27 bits per heavy atom. The van der Waals surface area contributed by atoms with Crippen LogP contribution in [0.2, 0.25) is 0 Å². The zero-order valence-corrected chi connectivity index (χ0v) is 8.92. The van der Waals surface area contributed by atoms with Crippen molar-refractivity contribution < 1.29 is 9.13 Å². The maximum Gasteiger partial charge on any atom is 0.165 e. The van der Waals surface area contributed by atoms with E-state index in [-0.39, 0.29) is 5.82 Å². The molecule has 0 aliphatic carbocycles. The lowest BCUT2D eigenvalue weighted by atomic mass is 9.97. The predicted molar refractivity (Wildman–Crippen MR) is 57.5 cm³/mol. The zero-order valence-electron chi connectivity index (χ0n) is 8.92. The number of nitrogens with one attached hydrogen (secondary N) is 1. The lowest BCUT2D eigenvalue weighted by molar-refractivity contribution is 0.379. The molecule has 1 aliphatic rings. The van der Waals surface area contributed by atoms with Crippen LogP contribution in [0, 0.1) is 5.82 Å². The van der Waals surface area contributed by atoms with Crippen molar-refractivity contribution in [3.05, 3.63) is 29.6 Å². The Hall–Kier alpha value is -1.09. The quantitative estimate of drug-likeness (QED) is 0.808. The summed E-state index contributed by atoms with van der Waals surface area (Å²) in [5, 5.41) is 3.43. The lowest BCUT2D eigenvalue weighted by Crippen LogP contribution is -2.26. The van der Waals surface area contributed by atoms with Gasteiger partial charge in [0.1, 0.15) is 0 Å². The van der Waals surface area contributed by atoms with Crippen molar-refractivity contribution in [2.45, 2.75) is 25.3 Å². The Balaban J connectivity index is 2.20. The number of benzene rings is 1. The third-order valence-corrected chi connectivity index (χ3v) is 2.89. The standard InChI is InChI=1S/C12H16FNO/c1-15-12-8-9(5-6-10(12)13)11-4-2-3-7-14-11/h5-6,8,11,14H,2-4,7H2,1H3. The maximum atomic E-state index is 13.2. The minimum atomic E-state index is -0.294. The summed E-state index contributed by atoms with van der Waals surface area (Å²) in [6.07, 6.45) is 3.58. The van der Waals surface area contributed by atoms with E-state index in [9.17, 15) is 4.39 Å². The van der Waals surface area contributed by atoms with Crippen LogP contribution in [0.3, 0.4) is 0 Å². The molecule has 2 nitrogen and oxygen atoms in total. The zero-order chi connectivity index (χ0) is 10.7. The van der Waals surface area contributed by atoms with E-state index < -0.39 is 0 Å². The van der Waals surface area contributed by atoms with Gasteiger partial charge in [0.15, 0.2) is 11.6 Å². The van der Waals surface area contributed by atoms with Gasteiger partial charge in [-0.2, -0.15) is 0 Å². The molecule has 2 rings (SSSR count). The average molecular weight is 209 g/mol. The first-order valence-corrected chi connectivity index (χ1v) is 5.38. The molecule has 0 spiro atoms. The molecule has 15 heavy (non-hydrogen) atoms. The summed E-state index contributed by atoms with van der Waals surface area (Å²) in [4.78, 5) is 0. The number of ether oxygens (including phenoxy) is 1. The van der Waals surface area contributed by atoms with Gasteiger partial charge in [0, 0.05) is 6.04 Å². The summed E-state index contributed by atoms with van der Waals surface area (Å²) in [5.74, 6) is 0.0388. The largest absolute Gasteiger partial charge is 0.494 e. The van der Waals surface area contributed by atoms with Crippen molar-refractivity contribution in [3.8, 4) is 5.75 Å². The number of piperidine rings is 1. The van der Waals surface area contributed by atoms with Gasteiger partial charge in [0.25, 0.3) is 0 Å². The summed E-state index contributed by atoms with van der Waals surface area (Å²) >= 11 is 0. The molecule has 1 aliphatic heterocycles. The number of halogens is 1. The molecule has 0 saturated carbocycles. The number of hydrogen-bond acceptors (Lipinski definition) is 2. The van der Waals surface area contributed by atoms with Gasteiger partial charge in [0.2, 0.25) is 0 Å². The van der Waals surface area contributed by atoms with Crippen LogP contribution in [-0.4, -0.2) is 13.7 Å². The van der Waals surface area contributed by atoms with Crippen LogP contribution in [0.4, 0.5) is 4.39 Å². The van der Waals surface area contributed by atoms with Crippen LogP contribution in [0.1, 0.15) is 30.9 Å². The van der Waals surface area contributed by atoms with Crippen LogP contribution >= 0.6 is 0 Å². The second kappa shape index (κ2) is 4.62. The molecule has 1 heterocycles. The Labute approximate surface area is 89.4 Å². The predicted octanol–water partition coefficient (Wildman–Crippen LogP) is 2.65. The highest BCUT2D eigenvalue weighted by atomic mass is 19.1. The number of methoxy groups -OCH3 is 1. The second-order valence-electron chi connectivity index (χ2n) is 3.90. The van der Waals surface area contributed by atoms with Crippen LogP contribution in [0.5, 0.6) is 5.75 Å². The van der Waals surface area contributed by atoms with Crippen LogP contribution in [-0.2, 0) is 0 Å². The Morgan fingerprint density at radius 3 is 2.93 bits per heavy atom. The average Bonchev–Trinajstić information content (AvgIpc) is 2.31. The summed E-state index contributed by atoms with van der Waals surface area (Å²) in [6.45, 7) is 1.05. The molecule has 1 saturated heterocycles. The van der Waals surface area contributed by atoms with E-state index in [0.717, 1.165) is 18.5 Å². The summed E-state index contributed by atoms with van der Waals surface area (Å²) < 4.78 is 18.2. The first-order valence-electron chi connectivity index (χ1n) is 5.38. The molecular weight excluding hydrogens is 193 g/mol. The van der Waals surface area contributed by atoms with E-state index in [1.807, 2.05) is 6.07 Å². The van der Waals surface area contributed by atoms with E-state index in [1.165, 1.54) is 26.0 Å². The smallest absolute Gasteiger partial charge is 0.165 e. The minimum Gasteiger partial charge on any atom is -0.494 e. The first kappa shape index (κ1) is 10.4. The van der Waals surface area contributed by atoms with Gasteiger partial charge in [-0.25, -0.2) is 4.39 Å². The third-order valence-electron chi connectivity index (χ3n) is 2.89. The molecule has 0 aromatic heterocycles. The van der Waals surface area contributed by atoms with E-state index in [0.29, 0.717) is 11.8 Å². The van der Waals surface area contributed by atoms with Gasteiger partial charge in [-0.3, -0.25) is 0 Å². The summed E-state index contributed by atoms with van der Waals surface area (Å²) in [5.41, 5.74) is 1.12. The van der Waals surface area contributed by atoms with E-state index in [2.05, 4.69) is 5.32 Å². The van der Waals surface area contributed by atoms with Gasteiger partial charge in [-0.05, 0) is 37.1 Å². The monoisotopic (exact) mass is 209 g/mol. The minimum absolute atomic E-state index is 0.294. The van der Waals surface area contributed by atoms with E-state index in [4.69, 9.17) is 4.74 Å². The molecule has 1 atom stereocenters. The van der Waals surface area contributed by atoms with E-state index >= 15 is 0 Å². The van der Waals surface area contributed by atoms with Gasteiger partial charge in [-0.1, -0.05) is 12.5 Å². The molecule has 82 valence electrons. The molecule has 1 aromatic rings. The normalized spacial score (nSPS) is 21.3. The van der Waals surface area contributed by atoms with Gasteiger partial charge in [-0.15, -0.1) is 0 Å². The lowest BCUT2D eigenvalue weighted by Gasteiger charge is -2.24. The molecular formula is C12H16FNO.